The number of hydrogen-bond acceptors (Lipinski definition) is 1. The Labute approximate surface area is 98.5 Å². The third kappa shape index (κ3) is 2.85. The second kappa shape index (κ2) is 4.58. The highest BCUT2D eigenvalue weighted by Gasteiger charge is 2.32. The molecular weight excluding hydrogens is 196 g/mol. The molecule has 16 heavy (non-hydrogen) atoms. The van der Waals surface area contributed by atoms with Crippen LogP contribution in [0.4, 0.5) is 0 Å². The highest BCUT2D eigenvalue weighted by molar-refractivity contribution is 5.23. The van der Waals surface area contributed by atoms with Crippen molar-refractivity contribution in [2.45, 2.75) is 51.6 Å². The molecule has 1 aromatic rings. The van der Waals surface area contributed by atoms with Gasteiger partial charge in [-0.25, -0.2) is 0 Å². The average molecular weight is 218 g/mol. The summed E-state index contributed by atoms with van der Waals surface area (Å²) in [5, 5.41) is 10.6. The topological polar surface area (TPSA) is 20.2 Å². The van der Waals surface area contributed by atoms with Crippen molar-refractivity contribution in [3.8, 4) is 0 Å². The van der Waals surface area contributed by atoms with Crippen LogP contribution >= 0.6 is 0 Å². The Bertz CT molecular complexity index is 358. The first-order valence-corrected chi connectivity index (χ1v) is 6.35. The van der Waals surface area contributed by atoms with Gasteiger partial charge in [-0.3, -0.25) is 0 Å². The maximum absolute atomic E-state index is 10.6. The largest absolute Gasteiger partial charge is 0.390 e. The van der Waals surface area contributed by atoms with E-state index in [2.05, 4.69) is 38.1 Å². The van der Waals surface area contributed by atoms with Gasteiger partial charge < -0.3 is 5.11 Å². The number of rotatable bonds is 2. The fourth-order valence-electron chi connectivity index (χ4n) is 2.99. The van der Waals surface area contributed by atoms with Crippen molar-refractivity contribution >= 4 is 0 Å². The van der Waals surface area contributed by atoms with Gasteiger partial charge in [0, 0.05) is 6.42 Å². The van der Waals surface area contributed by atoms with E-state index < -0.39 is 5.60 Å². The van der Waals surface area contributed by atoms with Gasteiger partial charge in [0.2, 0.25) is 0 Å². The molecule has 0 bridgehead atoms. The first kappa shape index (κ1) is 11.7. The first-order chi connectivity index (χ1) is 7.57. The summed E-state index contributed by atoms with van der Waals surface area (Å²) in [6.45, 7) is 4.36. The quantitative estimate of drug-likeness (QED) is 0.805. The van der Waals surface area contributed by atoms with Crippen LogP contribution in [0.1, 0.15) is 43.7 Å². The molecule has 0 aromatic heterocycles. The van der Waals surface area contributed by atoms with Crippen LogP contribution in [-0.2, 0) is 6.42 Å². The number of aryl methyl sites for hydroxylation is 1. The van der Waals surface area contributed by atoms with Crippen molar-refractivity contribution in [3.05, 3.63) is 35.4 Å². The van der Waals surface area contributed by atoms with Gasteiger partial charge in [-0.15, -0.1) is 0 Å². The third-order valence-corrected chi connectivity index (χ3v) is 3.68. The lowest BCUT2D eigenvalue weighted by molar-refractivity contribution is -0.0123. The maximum Gasteiger partial charge on any atom is 0.0690 e. The second-order valence-electron chi connectivity index (χ2n) is 5.59. The van der Waals surface area contributed by atoms with Crippen LogP contribution in [-0.4, -0.2) is 10.7 Å². The summed E-state index contributed by atoms with van der Waals surface area (Å²) in [7, 11) is 0. The molecule has 2 unspecified atom stereocenters. The van der Waals surface area contributed by atoms with Crippen molar-refractivity contribution in [2.75, 3.05) is 0 Å². The highest BCUT2D eigenvalue weighted by atomic mass is 16.3. The summed E-state index contributed by atoms with van der Waals surface area (Å²) in [5.41, 5.74) is 2.10. The van der Waals surface area contributed by atoms with Crippen LogP contribution < -0.4 is 0 Å². The summed E-state index contributed by atoms with van der Waals surface area (Å²) in [6, 6.07) is 8.51. The standard InChI is InChI=1S/C15H22O/c1-12-5-3-7-14(9-12)11-15(16)8-4-6-13(2)10-15/h3,5,7,9,13,16H,4,6,8,10-11H2,1-2H3. The molecule has 1 aliphatic rings. The molecule has 0 amide bonds. The first-order valence-electron chi connectivity index (χ1n) is 6.35. The van der Waals surface area contributed by atoms with Crippen LogP contribution in [0.3, 0.4) is 0 Å². The molecule has 1 fully saturated rings. The van der Waals surface area contributed by atoms with Crippen molar-refractivity contribution in [1.29, 1.82) is 0 Å². The fraction of sp³-hybridized carbons (Fsp3) is 0.600. The Morgan fingerprint density at radius 2 is 2.25 bits per heavy atom. The lowest BCUT2D eigenvalue weighted by atomic mass is 9.76. The molecule has 1 aliphatic carbocycles. The van der Waals surface area contributed by atoms with Crippen LogP contribution in [0.25, 0.3) is 0 Å². The van der Waals surface area contributed by atoms with Crippen molar-refractivity contribution in [1.82, 2.24) is 0 Å². The lowest BCUT2D eigenvalue weighted by Crippen LogP contribution is -2.36. The van der Waals surface area contributed by atoms with E-state index in [0.29, 0.717) is 5.92 Å². The molecule has 1 N–H and O–H groups in total. The molecule has 1 nitrogen and oxygen atoms in total. The lowest BCUT2D eigenvalue weighted by Gasteiger charge is -2.35. The minimum Gasteiger partial charge on any atom is -0.390 e. The Hall–Kier alpha value is -0.820. The zero-order valence-corrected chi connectivity index (χ0v) is 10.4. The van der Waals surface area contributed by atoms with Crippen molar-refractivity contribution in [2.24, 2.45) is 5.92 Å². The van der Waals surface area contributed by atoms with Gasteiger partial charge in [0.25, 0.3) is 0 Å². The Balaban J connectivity index is 2.08. The van der Waals surface area contributed by atoms with E-state index >= 15 is 0 Å². The summed E-state index contributed by atoms with van der Waals surface area (Å²) in [6.07, 6.45) is 5.19. The summed E-state index contributed by atoms with van der Waals surface area (Å²) < 4.78 is 0. The van der Waals surface area contributed by atoms with E-state index in [9.17, 15) is 5.11 Å². The Kier molecular flexibility index (Phi) is 3.34. The summed E-state index contributed by atoms with van der Waals surface area (Å²) in [5.74, 6) is 0.670. The van der Waals surface area contributed by atoms with Crippen LogP contribution in [0.5, 0.6) is 0 Å². The summed E-state index contributed by atoms with van der Waals surface area (Å²) in [4.78, 5) is 0. The third-order valence-electron chi connectivity index (χ3n) is 3.68. The monoisotopic (exact) mass is 218 g/mol. The molecule has 2 atom stereocenters. The van der Waals surface area contributed by atoms with E-state index in [0.717, 1.165) is 19.3 Å². The predicted octanol–water partition coefficient (Wildman–Crippen LogP) is 3.48. The van der Waals surface area contributed by atoms with Gasteiger partial charge >= 0.3 is 0 Å². The van der Waals surface area contributed by atoms with Gasteiger partial charge in [0.15, 0.2) is 0 Å². The minimum atomic E-state index is -0.453. The number of benzene rings is 1. The Morgan fingerprint density at radius 3 is 2.94 bits per heavy atom. The molecule has 0 saturated heterocycles. The Morgan fingerprint density at radius 1 is 1.44 bits per heavy atom. The average Bonchev–Trinajstić information content (AvgIpc) is 2.16. The van der Waals surface area contributed by atoms with E-state index in [-0.39, 0.29) is 0 Å². The second-order valence-corrected chi connectivity index (χ2v) is 5.59. The van der Waals surface area contributed by atoms with E-state index in [4.69, 9.17) is 0 Å². The zero-order chi connectivity index (χ0) is 11.6. The zero-order valence-electron chi connectivity index (χ0n) is 10.4. The molecule has 0 spiro atoms. The van der Waals surface area contributed by atoms with Crippen LogP contribution in [0.2, 0.25) is 0 Å². The molecule has 0 heterocycles. The molecule has 1 heteroatoms. The predicted molar refractivity (Wildman–Crippen MR) is 67.5 cm³/mol. The van der Waals surface area contributed by atoms with Crippen molar-refractivity contribution < 1.29 is 5.11 Å². The fourth-order valence-corrected chi connectivity index (χ4v) is 2.99. The van der Waals surface area contributed by atoms with E-state index in [1.165, 1.54) is 24.0 Å². The molecule has 88 valence electrons. The van der Waals surface area contributed by atoms with Crippen molar-refractivity contribution in [3.63, 3.8) is 0 Å². The number of hydrogen-bond donors (Lipinski definition) is 1. The molecule has 2 rings (SSSR count). The molecule has 1 saturated carbocycles. The highest BCUT2D eigenvalue weighted by Crippen LogP contribution is 2.34. The maximum atomic E-state index is 10.6. The normalized spacial score (nSPS) is 30.3. The molecular formula is C15H22O. The van der Waals surface area contributed by atoms with Gasteiger partial charge in [0.05, 0.1) is 5.60 Å². The van der Waals surface area contributed by atoms with Gasteiger partial charge in [-0.2, -0.15) is 0 Å². The smallest absolute Gasteiger partial charge is 0.0690 e. The van der Waals surface area contributed by atoms with Crippen LogP contribution in [0, 0.1) is 12.8 Å². The van der Waals surface area contributed by atoms with Gasteiger partial charge in [-0.1, -0.05) is 49.6 Å². The van der Waals surface area contributed by atoms with Gasteiger partial charge in [-0.05, 0) is 31.2 Å². The molecule has 1 aromatic carbocycles. The minimum absolute atomic E-state index is 0.453. The summed E-state index contributed by atoms with van der Waals surface area (Å²) >= 11 is 0. The van der Waals surface area contributed by atoms with E-state index in [1.807, 2.05) is 0 Å². The molecule has 0 aliphatic heterocycles. The SMILES string of the molecule is Cc1cccc(CC2(O)CCCC(C)C2)c1. The van der Waals surface area contributed by atoms with Gasteiger partial charge in [0.1, 0.15) is 0 Å². The number of aliphatic hydroxyl groups is 1. The van der Waals surface area contributed by atoms with Crippen LogP contribution in [0.15, 0.2) is 24.3 Å². The van der Waals surface area contributed by atoms with E-state index in [1.54, 1.807) is 0 Å². The molecule has 0 radical (unpaired) electrons.